The van der Waals surface area contributed by atoms with Gasteiger partial charge in [0.1, 0.15) is 23.4 Å². The molecular formula is C30H43N3O5S. The van der Waals surface area contributed by atoms with Crippen molar-refractivity contribution in [3.8, 4) is 5.75 Å². The van der Waals surface area contributed by atoms with Crippen LogP contribution in [0.2, 0.25) is 0 Å². The van der Waals surface area contributed by atoms with Crippen molar-refractivity contribution in [2.45, 2.75) is 78.5 Å². The molecule has 2 aromatic rings. The minimum atomic E-state index is -0.986. The van der Waals surface area contributed by atoms with Crippen LogP contribution in [0.1, 0.15) is 69.7 Å². The van der Waals surface area contributed by atoms with Crippen LogP contribution in [0.3, 0.4) is 0 Å². The number of benzene rings is 2. The van der Waals surface area contributed by atoms with E-state index in [9.17, 15) is 19.5 Å². The number of carbonyl (C=O) groups is 3. The molecule has 0 spiro atoms. The maximum atomic E-state index is 14.2. The molecule has 0 heterocycles. The fraction of sp³-hybridized carbons (Fsp3) is 0.500. The third kappa shape index (κ3) is 9.80. The summed E-state index contributed by atoms with van der Waals surface area (Å²) in [5, 5.41) is 15.9. The van der Waals surface area contributed by atoms with Gasteiger partial charge < -0.3 is 25.4 Å². The Morgan fingerprint density at radius 3 is 2.36 bits per heavy atom. The van der Waals surface area contributed by atoms with Gasteiger partial charge >= 0.3 is 6.09 Å². The van der Waals surface area contributed by atoms with Gasteiger partial charge in [0.15, 0.2) is 0 Å². The van der Waals surface area contributed by atoms with Crippen LogP contribution in [0, 0.1) is 13.8 Å². The molecule has 39 heavy (non-hydrogen) atoms. The fourth-order valence-electron chi connectivity index (χ4n) is 4.07. The van der Waals surface area contributed by atoms with E-state index in [4.69, 9.17) is 4.74 Å². The summed E-state index contributed by atoms with van der Waals surface area (Å²) in [6.45, 7) is 11.3. The monoisotopic (exact) mass is 557 g/mol. The summed E-state index contributed by atoms with van der Waals surface area (Å²) in [5.41, 5.74) is 1.98. The predicted octanol–water partition coefficient (Wildman–Crippen LogP) is 5.96. The number of phenols is 1. The average Bonchev–Trinajstić information content (AvgIpc) is 2.86. The Morgan fingerprint density at radius 2 is 1.77 bits per heavy atom. The zero-order valence-corrected chi connectivity index (χ0v) is 25.0. The Labute approximate surface area is 236 Å². The molecule has 3 N–H and O–H groups in total. The number of aryl methyl sites for hydroxylation is 2. The fourth-order valence-corrected chi connectivity index (χ4v) is 4.55. The molecule has 0 radical (unpaired) electrons. The molecule has 0 fully saturated rings. The van der Waals surface area contributed by atoms with Gasteiger partial charge in [-0.2, -0.15) is 11.8 Å². The lowest BCUT2D eigenvalue weighted by Crippen LogP contribution is -2.52. The molecule has 8 nitrogen and oxygen atoms in total. The van der Waals surface area contributed by atoms with Crippen LogP contribution in [0.5, 0.6) is 5.75 Å². The van der Waals surface area contributed by atoms with Gasteiger partial charge in [0.05, 0.1) is 0 Å². The number of amides is 3. The molecule has 2 atom stereocenters. The van der Waals surface area contributed by atoms with Crippen molar-refractivity contribution in [2.75, 3.05) is 23.9 Å². The van der Waals surface area contributed by atoms with Crippen molar-refractivity contribution in [1.29, 1.82) is 0 Å². The highest BCUT2D eigenvalue weighted by molar-refractivity contribution is 7.98. The molecule has 2 rings (SSSR count). The minimum Gasteiger partial charge on any atom is -0.508 e. The van der Waals surface area contributed by atoms with Crippen LogP contribution in [-0.4, -0.2) is 58.1 Å². The zero-order chi connectivity index (χ0) is 29.2. The summed E-state index contributed by atoms with van der Waals surface area (Å²) in [4.78, 5) is 42.3. The van der Waals surface area contributed by atoms with Gasteiger partial charge in [-0.3, -0.25) is 9.59 Å². The summed E-state index contributed by atoms with van der Waals surface area (Å²) in [7, 11) is 0. The Hall–Kier alpha value is -3.20. The van der Waals surface area contributed by atoms with Crippen molar-refractivity contribution in [1.82, 2.24) is 10.2 Å². The molecule has 214 valence electrons. The number of ether oxygens (including phenoxy) is 1. The maximum Gasteiger partial charge on any atom is 0.408 e. The molecule has 0 aliphatic rings. The van der Waals surface area contributed by atoms with Crippen LogP contribution in [0.4, 0.5) is 10.5 Å². The molecule has 9 heteroatoms. The second-order valence-electron chi connectivity index (χ2n) is 10.6. The van der Waals surface area contributed by atoms with Crippen LogP contribution < -0.4 is 10.6 Å². The van der Waals surface area contributed by atoms with Gasteiger partial charge in [-0.1, -0.05) is 37.6 Å². The van der Waals surface area contributed by atoms with Gasteiger partial charge in [-0.25, -0.2) is 4.79 Å². The molecule has 0 aliphatic heterocycles. The molecule has 0 aromatic heterocycles. The van der Waals surface area contributed by atoms with Crippen molar-refractivity contribution in [3.63, 3.8) is 0 Å². The molecule has 2 aromatic carbocycles. The number of nitrogens with zero attached hydrogens (tertiary/aromatic N) is 1. The standard InChI is InChI=1S/C30H43N3O5S/c1-8-9-17-33(28(36)24(16-18-39-7)32-29(37)38-30(4,5)6)26(22-14-15-25(34)21(3)19-22)27(35)31-23-13-11-10-12-20(23)2/h10-15,19,24,26,34H,8-9,16-18H2,1-7H3,(H,31,35)(H,32,37). The first-order valence-electron chi connectivity index (χ1n) is 13.3. The number of para-hydroxylation sites is 1. The lowest BCUT2D eigenvalue weighted by atomic mass is 9.99. The molecule has 0 saturated carbocycles. The maximum absolute atomic E-state index is 14.2. The minimum absolute atomic E-state index is 0.104. The Bertz CT molecular complexity index is 1130. The van der Waals surface area contributed by atoms with Gasteiger partial charge in [0.25, 0.3) is 5.91 Å². The van der Waals surface area contributed by atoms with Gasteiger partial charge in [0.2, 0.25) is 5.91 Å². The number of thioether (sulfide) groups is 1. The molecular weight excluding hydrogens is 514 g/mol. The first-order chi connectivity index (χ1) is 18.4. The molecule has 3 amide bonds. The summed E-state index contributed by atoms with van der Waals surface area (Å²) in [6.07, 6.45) is 3.10. The van der Waals surface area contributed by atoms with Crippen LogP contribution in [0.15, 0.2) is 42.5 Å². The third-order valence-electron chi connectivity index (χ3n) is 6.13. The lowest BCUT2D eigenvalue weighted by Gasteiger charge is -2.35. The number of nitrogens with one attached hydrogen (secondary N) is 2. The van der Waals surface area contributed by atoms with Crippen molar-refractivity contribution in [2.24, 2.45) is 0 Å². The highest BCUT2D eigenvalue weighted by atomic mass is 32.2. The van der Waals surface area contributed by atoms with Gasteiger partial charge in [-0.15, -0.1) is 0 Å². The molecule has 0 bridgehead atoms. The Kier molecular flexibility index (Phi) is 12.2. The Balaban J connectivity index is 2.55. The van der Waals surface area contributed by atoms with Crippen LogP contribution >= 0.6 is 11.8 Å². The highest BCUT2D eigenvalue weighted by Gasteiger charge is 2.36. The van der Waals surface area contributed by atoms with E-state index in [0.717, 1.165) is 12.0 Å². The summed E-state index contributed by atoms with van der Waals surface area (Å²) in [5.74, 6) is -0.00177. The second kappa shape index (κ2) is 14.8. The smallest absolute Gasteiger partial charge is 0.408 e. The average molecular weight is 558 g/mol. The lowest BCUT2D eigenvalue weighted by molar-refractivity contribution is -0.141. The first kappa shape index (κ1) is 32.0. The van der Waals surface area contributed by atoms with E-state index in [1.165, 1.54) is 6.07 Å². The quantitative estimate of drug-likeness (QED) is 0.297. The van der Waals surface area contributed by atoms with Crippen molar-refractivity contribution in [3.05, 3.63) is 59.2 Å². The van der Waals surface area contributed by atoms with E-state index >= 15 is 0 Å². The van der Waals surface area contributed by atoms with E-state index in [0.29, 0.717) is 42.0 Å². The van der Waals surface area contributed by atoms with E-state index in [2.05, 4.69) is 10.6 Å². The van der Waals surface area contributed by atoms with Crippen molar-refractivity contribution < 1.29 is 24.2 Å². The number of alkyl carbamates (subject to hydrolysis) is 1. The predicted molar refractivity (Wildman–Crippen MR) is 158 cm³/mol. The second-order valence-corrected chi connectivity index (χ2v) is 11.6. The number of aromatic hydroxyl groups is 1. The number of phenolic OH excluding ortho intramolecular Hbond substituents is 1. The number of hydrogen-bond acceptors (Lipinski definition) is 6. The molecule has 2 unspecified atom stereocenters. The number of rotatable bonds is 12. The largest absolute Gasteiger partial charge is 0.508 e. The molecule has 0 saturated heterocycles. The van der Waals surface area contributed by atoms with E-state index in [1.54, 1.807) is 56.5 Å². The summed E-state index contributed by atoms with van der Waals surface area (Å²) < 4.78 is 5.44. The normalized spacial score (nSPS) is 12.8. The number of unbranched alkanes of at least 4 members (excludes halogenated alkanes) is 1. The number of carbonyl (C=O) groups excluding carboxylic acids is 3. The SMILES string of the molecule is CCCCN(C(=O)C(CCSC)NC(=O)OC(C)(C)C)C(C(=O)Nc1ccccc1C)c1ccc(O)c(C)c1. The third-order valence-corrected chi connectivity index (χ3v) is 6.78. The molecule has 0 aliphatic carbocycles. The Morgan fingerprint density at radius 1 is 1.08 bits per heavy atom. The number of hydrogen-bond donors (Lipinski definition) is 3. The highest BCUT2D eigenvalue weighted by Crippen LogP contribution is 2.29. The van der Waals surface area contributed by atoms with E-state index in [-0.39, 0.29) is 17.6 Å². The van der Waals surface area contributed by atoms with Crippen LogP contribution in [0.25, 0.3) is 0 Å². The van der Waals surface area contributed by atoms with Gasteiger partial charge in [0, 0.05) is 12.2 Å². The van der Waals surface area contributed by atoms with Crippen molar-refractivity contribution >= 4 is 35.4 Å². The topological polar surface area (TPSA) is 108 Å². The van der Waals surface area contributed by atoms with Crippen LogP contribution in [-0.2, 0) is 14.3 Å². The van der Waals surface area contributed by atoms with Gasteiger partial charge in [-0.05, 0) is 94.4 Å². The first-order valence-corrected chi connectivity index (χ1v) is 14.7. The summed E-state index contributed by atoms with van der Waals surface area (Å²) in [6, 6.07) is 10.5. The zero-order valence-electron chi connectivity index (χ0n) is 24.2. The van der Waals surface area contributed by atoms with E-state index in [1.807, 2.05) is 44.4 Å². The van der Waals surface area contributed by atoms with E-state index < -0.39 is 23.8 Å². The summed E-state index contributed by atoms with van der Waals surface area (Å²) >= 11 is 1.57. The number of anilines is 1.